The zero-order valence-electron chi connectivity index (χ0n) is 25.5. The average Bonchev–Trinajstić information content (AvgIpc) is 3.65. The fourth-order valence-corrected chi connectivity index (χ4v) is 5.55. The summed E-state index contributed by atoms with van der Waals surface area (Å²) in [6.07, 6.45) is -8.94. The maximum Gasteiger partial charge on any atom is 0.411 e. The number of para-hydroxylation sites is 1. The number of carbonyl (C=O) groups is 2. The van der Waals surface area contributed by atoms with Gasteiger partial charge in [0.1, 0.15) is 62.2 Å². The number of rotatable bonds is 9. The van der Waals surface area contributed by atoms with Crippen molar-refractivity contribution in [3.63, 3.8) is 0 Å². The third-order valence-electron chi connectivity index (χ3n) is 8.18. The molecule has 10 atom stereocenters. The molecule has 2 amide bonds. The first-order valence-electron chi connectivity index (χ1n) is 14.9. The van der Waals surface area contributed by atoms with E-state index in [1.807, 2.05) is 6.07 Å². The summed E-state index contributed by atoms with van der Waals surface area (Å²) in [4.78, 5) is 24.9. The van der Waals surface area contributed by atoms with Crippen LogP contribution in [0.4, 0.5) is 10.5 Å². The van der Waals surface area contributed by atoms with E-state index in [2.05, 4.69) is 10.6 Å². The molecule has 0 radical (unpaired) electrons. The van der Waals surface area contributed by atoms with Gasteiger partial charge in [-0.05, 0) is 61.4 Å². The number of nitrogens with one attached hydrogen (secondary N) is 2. The lowest BCUT2D eigenvalue weighted by atomic mass is 9.83. The number of phenols is 1. The van der Waals surface area contributed by atoms with Gasteiger partial charge >= 0.3 is 6.09 Å². The number of aliphatic hydroxyl groups is 5. The minimum atomic E-state index is -1.50. The smallest absolute Gasteiger partial charge is 0.411 e. The van der Waals surface area contributed by atoms with Gasteiger partial charge in [-0.15, -0.1) is 0 Å². The molecule has 0 spiro atoms. The Balaban J connectivity index is 1.15. The van der Waals surface area contributed by atoms with Crippen LogP contribution in [0.15, 0.2) is 65.8 Å². The zero-order valence-corrected chi connectivity index (χ0v) is 25.5. The lowest BCUT2D eigenvalue weighted by Gasteiger charge is -2.41. The molecule has 1 saturated carbocycles. The first-order chi connectivity index (χ1) is 22.4. The molecule has 254 valence electrons. The number of fused-ring (bicyclic) bond motifs is 1. The largest absolute Gasteiger partial charge is 0.504 e. The van der Waals surface area contributed by atoms with Crippen LogP contribution in [0.3, 0.4) is 0 Å². The molecule has 8 N–H and O–H groups in total. The third-order valence-corrected chi connectivity index (χ3v) is 8.18. The van der Waals surface area contributed by atoms with Crippen LogP contribution in [0.2, 0.25) is 0 Å². The summed E-state index contributed by atoms with van der Waals surface area (Å²) in [5, 5.41) is 68.2. The average molecular weight is 659 g/mol. The van der Waals surface area contributed by atoms with E-state index in [1.54, 1.807) is 31.2 Å². The number of benzene rings is 2. The van der Waals surface area contributed by atoms with E-state index in [0.717, 1.165) is 0 Å². The van der Waals surface area contributed by atoms with Crippen molar-refractivity contribution in [3.8, 4) is 11.5 Å². The summed E-state index contributed by atoms with van der Waals surface area (Å²) in [5.74, 6) is -1.07. The Morgan fingerprint density at radius 2 is 1.62 bits per heavy atom. The first-order valence-corrected chi connectivity index (χ1v) is 14.9. The summed E-state index contributed by atoms with van der Waals surface area (Å²) < 4.78 is 27.0. The van der Waals surface area contributed by atoms with E-state index in [9.17, 15) is 40.2 Å². The van der Waals surface area contributed by atoms with E-state index in [0.29, 0.717) is 16.8 Å². The minimum absolute atomic E-state index is 0.0699. The monoisotopic (exact) mass is 658 g/mol. The van der Waals surface area contributed by atoms with Gasteiger partial charge in [-0.1, -0.05) is 24.3 Å². The van der Waals surface area contributed by atoms with Crippen molar-refractivity contribution in [2.75, 3.05) is 18.7 Å². The van der Waals surface area contributed by atoms with Crippen molar-refractivity contribution < 1.29 is 63.9 Å². The Hall–Kier alpha value is -4.06. The lowest BCUT2D eigenvalue weighted by Crippen LogP contribution is -2.67. The normalized spacial score (nSPS) is 32.4. The Labute approximate surface area is 269 Å². The highest BCUT2D eigenvalue weighted by atomic mass is 16.7. The number of ether oxygens (including phenoxy) is 5. The number of anilines is 1. The standard InChI is InChI=1S/C32H38N2O13/c1-15(10-11-43-32(42)33-18-6-4-3-5-7-18)27-25(39)26(40)31(47-27)46-20-9-8-17(13-19(20)35)12-16(2)30(41)34-21-22(36)24(38)29-28(23(21)37)44-14-45-29/h3-10,12-13,21-29,31,35-40H,11,14H2,1-2H3,(H,33,42)(H,34,41)/t21-,22+,23-,24-,25+,26+,27+,28+,29-,31+/m1/s1. The number of aliphatic hydroxyl groups excluding tert-OH is 5. The maximum atomic E-state index is 12.9. The van der Waals surface area contributed by atoms with Gasteiger partial charge < -0.3 is 59.6 Å². The molecule has 0 aromatic heterocycles. The van der Waals surface area contributed by atoms with Crippen LogP contribution < -0.4 is 15.4 Å². The summed E-state index contributed by atoms with van der Waals surface area (Å²) in [6.45, 7) is 2.83. The fourth-order valence-electron chi connectivity index (χ4n) is 5.55. The Morgan fingerprint density at radius 3 is 2.32 bits per heavy atom. The molecule has 3 fully saturated rings. The molecule has 0 unspecified atom stereocenters. The van der Waals surface area contributed by atoms with Gasteiger partial charge in [0.05, 0.1) is 6.04 Å². The van der Waals surface area contributed by atoms with Crippen LogP contribution in [-0.4, -0.2) is 117 Å². The maximum absolute atomic E-state index is 12.9. The van der Waals surface area contributed by atoms with Gasteiger partial charge in [0.25, 0.3) is 0 Å². The second-order valence-electron chi connectivity index (χ2n) is 11.5. The zero-order chi connectivity index (χ0) is 33.8. The number of phenolic OH excluding ortho intramolecular Hbond substituents is 1. The minimum Gasteiger partial charge on any atom is -0.504 e. The topological polar surface area (TPSA) is 226 Å². The van der Waals surface area contributed by atoms with Gasteiger partial charge in [0, 0.05) is 11.3 Å². The highest BCUT2D eigenvalue weighted by Crippen LogP contribution is 2.34. The lowest BCUT2D eigenvalue weighted by molar-refractivity contribution is -0.155. The fraction of sp³-hybridized carbons (Fsp3) is 0.438. The van der Waals surface area contributed by atoms with E-state index in [4.69, 9.17) is 23.7 Å². The second kappa shape index (κ2) is 14.8. The first kappa shape index (κ1) is 34.3. The van der Waals surface area contributed by atoms with Crippen molar-refractivity contribution in [3.05, 3.63) is 71.3 Å². The van der Waals surface area contributed by atoms with Crippen LogP contribution in [0.5, 0.6) is 11.5 Å². The highest BCUT2D eigenvalue weighted by molar-refractivity contribution is 5.97. The quantitative estimate of drug-likeness (QED) is 0.133. The molecule has 2 aliphatic heterocycles. The van der Waals surface area contributed by atoms with E-state index in [1.165, 1.54) is 37.3 Å². The molecular formula is C32H38N2O13. The number of carbonyl (C=O) groups excluding carboxylic acids is 2. The molecule has 2 saturated heterocycles. The Bertz CT molecular complexity index is 1480. The van der Waals surface area contributed by atoms with Gasteiger partial charge in [0.15, 0.2) is 11.5 Å². The van der Waals surface area contributed by atoms with Crippen LogP contribution in [0.25, 0.3) is 6.08 Å². The van der Waals surface area contributed by atoms with Crippen LogP contribution in [-0.2, 0) is 23.7 Å². The summed E-state index contributed by atoms with van der Waals surface area (Å²) in [5.41, 5.74) is 1.58. The van der Waals surface area contributed by atoms with Gasteiger partial charge in [-0.3, -0.25) is 10.1 Å². The predicted molar refractivity (Wildman–Crippen MR) is 163 cm³/mol. The molecular weight excluding hydrogens is 620 g/mol. The van der Waals surface area contributed by atoms with E-state index in [-0.39, 0.29) is 30.5 Å². The van der Waals surface area contributed by atoms with Crippen LogP contribution in [0, 0.1) is 0 Å². The number of aromatic hydroxyl groups is 1. The molecule has 5 rings (SSSR count). The SMILES string of the molecule is CC(=Cc1ccc(O[C@H]2O[C@@H](C(C)=CCOC(=O)Nc3ccccc3)[C@@H](O)[C@@H]2O)c(O)c1)C(=O)N[C@@H]1[C@H](O)[C@@H](O)[C@H]2OCO[C@H]2[C@@H]1O. The van der Waals surface area contributed by atoms with Crippen molar-refractivity contribution in [1.29, 1.82) is 0 Å². The summed E-state index contributed by atoms with van der Waals surface area (Å²) in [6, 6.07) is 11.7. The Kier molecular flexibility index (Phi) is 10.8. The molecule has 2 aromatic carbocycles. The van der Waals surface area contributed by atoms with Crippen molar-refractivity contribution in [2.24, 2.45) is 0 Å². The van der Waals surface area contributed by atoms with Gasteiger partial charge in [0.2, 0.25) is 12.2 Å². The summed E-state index contributed by atoms with van der Waals surface area (Å²) in [7, 11) is 0. The molecule has 47 heavy (non-hydrogen) atoms. The molecule has 2 aromatic rings. The summed E-state index contributed by atoms with van der Waals surface area (Å²) >= 11 is 0. The third kappa shape index (κ3) is 7.75. The van der Waals surface area contributed by atoms with Gasteiger partial charge in [-0.2, -0.15) is 0 Å². The van der Waals surface area contributed by atoms with Crippen LogP contribution in [0.1, 0.15) is 19.4 Å². The Morgan fingerprint density at radius 1 is 0.915 bits per heavy atom. The van der Waals surface area contributed by atoms with E-state index < -0.39 is 73.2 Å². The second-order valence-corrected chi connectivity index (χ2v) is 11.5. The van der Waals surface area contributed by atoms with Gasteiger partial charge in [-0.25, -0.2) is 4.79 Å². The molecule has 0 bridgehead atoms. The molecule has 1 aliphatic carbocycles. The molecule has 15 heteroatoms. The van der Waals surface area contributed by atoms with Crippen molar-refractivity contribution in [2.45, 2.75) is 75.0 Å². The van der Waals surface area contributed by atoms with E-state index >= 15 is 0 Å². The number of amides is 2. The predicted octanol–water partition coefficient (Wildman–Crippen LogP) is 0.139. The van der Waals surface area contributed by atoms with Crippen LogP contribution >= 0.6 is 0 Å². The highest BCUT2D eigenvalue weighted by Gasteiger charge is 2.53. The molecule has 15 nitrogen and oxygen atoms in total. The number of hydrogen-bond acceptors (Lipinski definition) is 13. The van der Waals surface area contributed by atoms with Crippen molar-refractivity contribution in [1.82, 2.24) is 5.32 Å². The molecule has 2 heterocycles. The van der Waals surface area contributed by atoms with Crippen molar-refractivity contribution >= 4 is 23.8 Å². The molecule has 3 aliphatic rings. The number of hydrogen-bond donors (Lipinski definition) is 8.